The van der Waals surface area contributed by atoms with E-state index in [1.807, 2.05) is 22.9 Å². The third-order valence-corrected chi connectivity index (χ3v) is 4.79. The molecular weight excluding hydrogens is 330 g/mol. The molecule has 1 atom stereocenters. The van der Waals surface area contributed by atoms with Crippen LogP contribution in [0.2, 0.25) is 0 Å². The minimum Gasteiger partial charge on any atom is -0.493 e. The molecule has 0 N–H and O–H groups in total. The molecule has 1 aliphatic heterocycles. The highest BCUT2D eigenvalue weighted by Crippen LogP contribution is 2.36. The van der Waals surface area contributed by atoms with Gasteiger partial charge in [0.15, 0.2) is 23.1 Å². The molecule has 6 heteroatoms. The first-order chi connectivity index (χ1) is 12.3. The summed E-state index contributed by atoms with van der Waals surface area (Å²) < 4.78 is 18.8. The molecule has 1 saturated heterocycles. The van der Waals surface area contributed by atoms with Crippen molar-refractivity contribution in [2.75, 3.05) is 20.8 Å². The van der Waals surface area contributed by atoms with Crippen molar-refractivity contribution in [1.82, 2.24) is 14.8 Å². The van der Waals surface area contributed by atoms with Crippen molar-refractivity contribution >= 4 is 0 Å². The predicted molar refractivity (Wildman–Crippen MR) is 99.9 cm³/mol. The van der Waals surface area contributed by atoms with Crippen LogP contribution in [0.3, 0.4) is 0 Å². The number of nitrogens with zero attached hydrogens (tertiary/aromatic N) is 3. The van der Waals surface area contributed by atoms with Crippen LogP contribution < -0.4 is 9.47 Å². The molecule has 0 aliphatic carbocycles. The van der Waals surface area contributed by atoms with Crippen molar-refractivity contribution in [3.8, 4) is 11.5 Å². The van der Waals surface area contributed by atoms with E-state index in [9.17, 15) is 0 Å². The highest BCUT2D eigenvalue weighted by molar-refractivity contribution is 5.43. The van der Waals surface area contributed by atoms with Crippen LogP contribution in [0, 0.1) is 0 Å². The number of ether oxygens (including phenoxy) is 3. The summed E-state index contributed by atoms with van der Waals surface area (Å²) in [5.74, 6) is 3.14. The van der Waals surface area contributed by atoms with Crippen LogP contribution in [0.5, 0.6) is 11.5 Å². The van der Waals surface area contributed by atoms with Gasteiger partial charge in [0.05, 0.1) is 19.8 Å². The first-order valence-corrected chi connectivity index (χ1v) is 9.08. The third kappa shape index (κ3) is 3.56. The summed E-state index contributed by atoms with van der Waals surface area (Å²) in [6.45, 7) is 9.32. The van der Waals surface area contributed by atoms with E-state index in [1.54, 1.807) is 14.2 Å². The molecule has 1 aromatic heterocycles. The van der Waals surface area contributed by atoms with Gasteiger partial charge in [-0.2, -0.15) is 5.10 Å². The Hall–Kier alpha value is -2.08. The van der Waals surface area contributed by atoms with E-state index < -0.39 is 0 Å². The topological polar surface area (TPSA) is 58.4 Å². The van der Waals surface area contributed by atoms with Gasteiger partial charge in [0.2, 0.25) is 0 Å². The number of benzene rings is 1. The van der Waals surface area contributed by atoms with E-state index >= 15 is 0 Å². The normalized spacial score (nSPS) is 20.4. The van der Waals surface area contributed by atoms with Crippen LogP contribution in [0.4, 0.5) is 0 Å². The molecule has 2 aromatic rings. The van der Waals surface area contributed by atoms with Gasteiger partial charge >= 0.3 is 0 Å². The molecule has 0 radical (unpaired) electrons. The average molecular weight is 359 g/mol. The molecule has 0 amide bonds. The number of rotatable bonds is 5. The summed E-state index contributed by atoms with van der Waals surface area (Å²) in [6.07, 6.45) is 2.66. The van der Waals surface area contributed by atoms with Crippen molar-refractivity contribution < 1.29 is 14.2 Å². The first-order valence-electron chi connectivity index (χ1n) is 9.08. The van der Waals surface area contributed by atoms with E-state index in [0.29, 0.717) is 12.2 Å². The zero-order chi connectivity index (χ0) is 18.9. The van der Waals surface area contributed by atoms with Gasteiger partial charge in [-0.15, -0.1) is 0 Å². The largest absolute Gasteiger partial charge is 0.493 e. The molecule has 0 spiro atoms. The maximum absolute atomic E-state index is 6.03. The second-order valence-electron chi connectivity index (χ2n) is 7.98. The predicted octanol–water partition coefficient (Wildman–Crippen LogP) is 3.67. The minimum absolute atomic E-state index is 0.160. The molecule has 6 nitrogen and oxygen atoms in total. The molecule has 3 rings (SSSR count). The maximum atomic E-state index is 6.03. The third-order valence-electron chi connectivity index (χ3n) is 4.79. The second kappa shape index (κ2) is 6.91. The smallest absolute Gasteiger partial charge is 0.161 e. The Labute approximate surface area is 155 Å². The van der Waals surface area contributed by atoms with E-state index in [1.165, 1.54) is 0 Å². The van der Waals surface area contributed by atoms with Gasteiger partial charge in [-0.25, -0.2) is 9.67 Å². The zero-order valence-electron chi connectivity index (χ0n) is 16.6. The Morgan fingerprint density at radius 3 is 2.50 bits per heavy atom. The maximum Gasteiger partial charge on any atom is 0.161 e. The monoisotopic (exact) mass is 359 g/mol. The quantitative estimate of drug-likeness (QED) is 0.815. The SMILES string of the molecule is COc1ccc(Cc2nc(C3(C)CCCO3)n(C(C)(C)C)n2)cc1OC. The average Bonchev–Trinajstić information content (AvgIpc) is 3.22. The van der Waals surface area contributed by atoms with Crippen molar-refractivity contribution in [1.29, 1.82) is 0 Å². The van der Waals surface area contributed by atoms with Gasteiger partial charge in [0.1, 0.15) is 5.60 Å². The fraction of sp³-hybridized carbons (Fsp3) is 0.600. The van der Waals surface area contributed by atoms with Crippen LogP contribution in [-0.4, -0.2) is 35.6 Å². The highest BCUT2D eigenvalue weighted by Gasteiger charge is 2.39. The van der Waals surface area contributed by atoms with Crippen molar-refractivity contribution in [2.45, 2.75) is 58.1 Å². The zero-order valence-corrected chi connectivity index (χ0v) is 16.6. The minimum atomic E-state index is -0.365. The molecule has 1 aromatic carbocycles. The van der Waals surface area contributed by atoms with Gasteiger partial charge in [-0.3, -0.25) is 0 Å². The number of hydrogen-bond donors (Lipinski definition) is 0. The van der Waals surface area contributed by atoms with E-state index in [-0.39, 0.29) is 11.1 Å². The summed E-state index contributed by atoms with van der Waals surface area (Å²) in [5, 5.41) is 4.82. The van der Waals surface area contributed by atoms with Crippen molar-refractivity contribution in [2.24, 2.45) is 0 Å². The standard InChI is InChI=1S/C20H29N3O3/c1-19(2,3)23-18(20(4)10-7-11-26-20)21-17(22-23)13-14-8-9-15(24-5)16(12-14)25-6/h8-9,12H,7,10-11,13H2,1-6H3. The first kappa shape index (κ1) is 18.7. The number of aromatic nitrogens is 3. The van der Waals surface area contributed by atoms with Crippen LogP contribution in [0.25, 0.3) is 0 Å². The molecule has 1 unspecified atom stereocenters. The Balaban J connectivity index is 1.95. The van der Waals surface area contributed by atoms with Gasteiger partial charge in [-0.1, -0.05) is 6.07 Å². The van der Waals surface area contributed by atoms with Crippen LogP contribution >= 0.6 is 0 Å². The summed E-state index contributed by atoms with van der Waals surface area (Å²) in [6, 6.07) is 5.91. The van der Waals surface area contributed by atoms with E-state index in [0.717, 1.165) is 42.4 Å². The lowest BCUT2D eigenvalue weighted by molar-refractivity contribution is 0.00227. The lowest BCUT2D eigenvalue weighted by Crippen LogP contribution is -2.33. The Kier molecular flexibility index (Phi) is 4.97. The Bertz CT molecular complexity index is 771. The van der Waals surface area contributed by atoms with Gasteiger partial charge < -0.3 is 14.2 Å². The van der Waals surface area contributed by atoms with Crippen LogP contribution in [-0.2, 0) is 22.3 Å². The summed E-state index contributed by atoms with van der Waals surface area (Å²) in [7, 11) is 3.28. The molecular formula is C20H29N3O3. The van der Waals surface area contributed by atoms with Crippen molar-refractivity contribution in [3.63, 3.8) is 0 Å². The van der Waals surface area contributed by atoms with Crippen molar-refractivity contribution in [3.05, 3.63) is 35.4 Å². The van der Waals surface area contributed by atoms with Gasteiger partial charge in [-0.05, 0) is 58.2 Å². The molecule has 0 bridgehead atoms. The molecule has 1 aliphatic rings. The van der Waals surface area contributed by atoms with E-state index in [4.69, 9.17) is 24.3 Å². The molecule has 2 heterocycles. The number of methoxy groups -OCH3 is 2. The Morgan fingerprint density at radius 1 is 1.19 bits per heavy atom. The Morgan fingerprint density at radius 2 is 1.92 bits per heavy atom. The summed E-state index contributed by atoms with van der Waals surface area (Å²) in [5.41, 5.74) is 0.557. The fourth-order valence-electron chi connectivity index (χ4n) is 3.37. The molecule has 142 valence electrons. The second-order valence-corrected chi connectivity index (χ2v) is 7.98. The number of hydrogen-bond acceptors (Lipinski definition) is 5. The highest BCUT2D eigenvalue weighted by atomic mass is 16.5. The van der Waals surface area contributed by atoms with Gasteiger partial charge in [0.25, 0.3) is 0 Å². The van der Waals surface area contributed by atoms with Gasteiger partial charge in [0, 0.05) is 13.0 Å². The van der Waals surface area contributed by atoms with E-state index in [2.05, 4.69) is 27.7 Å². The lowest BCUT2D eigenvalue weighted by atomic mass is 10.00. The molecule has 1 fully saturated rings. The molecule has 0 saturated carbocycles. The van der Waals surface area contributed by atoms with Crippen LogP contribution in [0.1, 0.15) is 57.7 Å². The lowest BCUT2D eigenvalue weighted by Gasteiger charge is -2.28. The van der Waals surface area contributed by atoms with Crippen LogP contribution in [0.15, 0.2) is 18.2 Å². The molecule has 26 heavy (non-hydrogen) atoms. The summed E-state index contributed by atoms with van der Waals surface area (Å²) >= 11 is 0. The summed E-state index contributed by atoms with van der Waals surface area (Å²) in [4.78, 5) is 4.88. The fourth-order valence-corrected chi connectivity index (χ4v) is 3.37.